The van der Waals surface area contributed by atoms with Crippen molar-refractivity contribution in [1.82, 2.24) is 14.9 Å². The van der Waals surface area contributed by atoms with Gasteiger partial charge in [-0.2, -0.15) is 0 Å². The quantitative estimate of drug-likeness (QED) is 0.652. The van der Waals surface area contributed by atoms with Crippen LogP contribution < -0.4 is 0 Å². The Morgan fingerprint density at radius 2 is 2.29 bits per heavy atom. The summed E-state index contributed by atoms with van der Waals surface area (Å²) in [4.78, 5) is 22.2. The van der Waals surface area contributed by atoms with E-state index in [2.05, 4.69) is 21.9 Å². The third-order valence-corrected chi connectivity index (χ3v) is 4.49. The van der Waals surface area contributed by atoms with E-state index < -0.39 is 5.97 Å². The normalized spacial score (nSPS) is 19.7. The van der Waals surface area contributed by atoms with Gasteiger partial charge in [-0.15, -0.1) is 11.8 Å². The molecule has 1 unspecified atom stereocenters. The molecule has 1 aromatic heterocycles. The van der Waals surface area contributed by atoms with E-state index in [0.29, 0.717) is 28.7 Å². The van der Waals surface area contributed by atoms with Gasteiger partial charge < -0.3 is 14.7 Å². The van der Waals surface area contributed by atoms with Crippen LogP contribution in [0.1, 0.15) is 28.8 Å². The van der Waals surface area contributed by atoms with Crippen LogP contribution in [0.3, 0.4) is 0 Å². The monoisotopic (exact) mass is 311 g/mol. The van der Waals surface area contributed by atoms with Gasteiger partial charge in [0, 0.05) is 25.3 Å². The van der Waals surface area contributed by atoms with Crippen LogP contribution in [0.5, 0.6) is 0 Å². The van der Waals surface area contributed by atoms with Gasteiger partial charge in [0.1, 0.15) is 16.4 Å². The van der Waals surface area contributed by atoms with Gasteiger partial charge in [-0.3, -0.25) is 0 Å². The Balaban J connectivity index is 2.14. The Hall–Kier alpha value is -1.18. The summed E-state index contributed by atoms with van der Waals surface area (Å²) in [5.41, 5.74) is 0.736. The molecule has 7 heteroatoms. The van der Waals surface area contributed by atoms with E-state index in [1.807, 2.05) is 6.92 Å². The summed E-state index contributed by atoms with van der Waals surface area (Å²) in [6, 6.07) is 0. The lowest BCUT2D eigenvalue weighted by Gasteiger charge is -2.29. The zero-order chi connectivity index (χ0) is 15.4. The number of carbonyl (C=O) groups is 1. The third kappa shape index (κ3) is 4.15. The minimum absolute atomic E-state index is 0.107. The summed E-state index contributed by atoms with van der Waals surface area (Å²) in [5, 5.41) is 9.90. The Morgan fingerprint density at radius 3 is 2.90 bits per heavy atom. The standard InChI is InChI=1S/C14H21N3O3S/c1-4-11-15-9(2)12(14(18)19)13(16-11)21-8-10-7-17(3)5-6-20-10/h10H,4-8H2,1-3H3,(H,18,19). The molecule has 0 spiro atoms. The second kappa shape index (κ2) is 7.20. The number of morpholine rings is 1. The van der Waals surface area contributed by atoms with Crippen LogP contribution in [0.4, 0.5) is 0 Å². The first kappa shape index (κ1) is 16.2. The molecule has 0 saturated carbocycles. The maximum atomic E-state index is 11.4. The first-order chi connectivity index (χ1) is 10.0. The summed E-state index contributed by atoms with van der Waals surface area (Å²) in [7, 11) is 2.06. The average molecular weight is 311 g/mol. The van der Waals surface area contributed by atoms with E-state index in [0.717, 1.165) is 19.7 Å². The van der Waals surface area contributed by atoms with Gasteiger partial charge in [0.2, 0.25) is 0 Å². The first-order valence-corrected chi connectivity index (χ1v) is 8.03. The smallest absolute Gasteiger partial charge is 0.340 e. The number of rotatable bonds is 5. The summed E-state index contributed by atoms with van der Waals surface area (Å²) >= 11 is 1.44. The molecule has 1 aliphatic rings. The number of carboxylic acids is 1. The molecule has 1 fully saturated rings. The number of thioether (sulfide) groups is 1. The van der Waals surface area contributed by atoms with Gasteiger partial charge in [-0.05, 0) is 14.0 Å². The van der Waals surface area contributed by atoms with Crippen molar-refractivity contribution in [2.24, 2.45) is 0 Å². The SMILES string of the molecule is CCc1nc(C)c(C(=O)O)c(SCC2CN(C)CCO2)n1. The minimum Gasteiger partial charge on any atom is -0.478 e. The molecule has 21 heavy (non-hydrogen) atoms. The summed E-state index contributed by atoms with van der Waals surface area (Å²) in [5.74, 6) is 0.408. The molecule has 6 nitrogen and oxygen atoms in total. The second-order valence-corrected chi connectivity index (χ2v) is 6.14. The predicted octanol–water partition coefficient (Wildman–Crippen LogP) is 1.47. The number of hydrogen-bond donors (Lipinski definition) is 1. The third-order valence-electron chi connectivity index (χ3n) is 3.38. The Labute approximate surface area is 128 Å². The van der Waals surface area contributed by atoms with Crippen LogP contribution in [0.25, 0.3) is 0 Å². The average Bonchev–Trinajstić information content (AvgIpc) is 2.44. The molecule has 116 valence electrons. The summed E-state index contributed by atoms with van der Waals surface area (Å²) in [6.07, 6.45) is 0.799. The Kier molecular flexibility index (Phi) is 5.55. The summed E-state index contributed by atoms with van der Waals surface area (Å²) < 4.78 is 5.70. The fourth-order valence-electron chi connectivity index (χ4n) is 2.25. The Morgan fingerprint density at radius 1 is 1.52 bits per heavy atom. The van der Waals surface area contributed by atoms with Crippen LogP contribution in [0, 0.1) is 6.92 Å². The molecular formula is C14H21N3O3S. The summed E-state index contributed by atoms with van der Waals surface area (Å²) in [6.45, 7) is 6.20. The van der Waals surface area contributed by atoms with Crippen molar-refractivity contribution in [2.45, 2.75) is 31.4 Å². The van der Waals surface area contributed by atoms with E-state index in [1.54, 1.807) is 6.92 Å². The second-order valence-electron chi connectivity index (χ2n) is 5.13. The molecule has 0 aromatic carbocycles. The maximum Gasteiger partial charge on any atom is 0.340 e. The highest BCUT2D eigenvalue weighted by atomic mass is 32.2. The number of likely N-dealkylation sites (N-methyl/N-ethyl adjacent to an activating group) is 1. The van der Waals surface area contributed by atoms with Gasteiger partial charge in [-0.1, -0.05) is 6.92 Å². The number of aryl methyl sites for hydroxylation is 2. The van der Waals surface area contributed by atoms with Crippen molar-refractivity contribution in [1.29, 1.82) is 0 Å². The molecule has 0 amide bonds. The van der Waals surface area contributed by atoms with Crippen molar-refractivity contribution in [3.8, 4) is 0 Å². The van der Waals surface area contributed by atoms with Gasteiger partial charge >= 0.3 is 5.97 Å². The molecular weight excluding hydrogens is 290 g/mol. The lowest BCUT2D eigenvalue weighted by Crippen LogP contribution is -2.41. The van der Waals surface area contributed by atoms with Gasteiger partial charge in [0.15, 0.2) is 0 Å². The predicted molar refractivity (Wildman–Crippen MR) is 81.1 cm³/mol. The van der Waals surface area contributed by atoms with E-state index in [-0.39, 0.29) is 11.7 Å². The number of nitrogens with zero attached hydrogens (tertiary/aromatic N) is 3. The van der Waals surface area contributed by atoms with Crippen LogP contribution in [-0.2, 0) is 11.2 Å². The number of aromatic nitrogens is 2. The van der Waals surface area contributed by atoms with Gasteiger partial charge in [-0.25, -0.2) is 14.8 Å². The van der Waals surface area contributed by atoms with Crippen LogP contribution in [0.15, 0.2) is 5.03 Å². The van der Waals surface area contributed by atoms with Crippen LogP contribution in [0.2, 0.25) is 0 Å². The van der Waals surface area contributed by atoms with Crippen molar-refractivity contribution in [3.05, 3.63) is 17.1 Å². The van der Waals surface area contributed by atoms with Crippen molar-refractivity contribution < 1.29 is 14.6 Å². The van der Waals surface area contributed by atoms with Gasteiger partial charge in [0.05, 0.1) is 18.4 Å². The zero-order valence-electron chi connectivity index (χ0n) is 12.6. The Bertz CT molecular complexity index is 524. The van der Waals surface area contributed by atoms with E-state index in [1.165, 1.54) is 11.8 Å². The molecule has 1 N–H and O–H groups in total. The lowest BCUT2D eigenvalue weighted by molar-refractivity contribution is -0.00600. The highest BCUT2D eigenvalue weighted by Gasteiger charge is 2.22. The first-order valence-electron chi connectivity index (χ1n) is 7.05. The molecule has 2 heterocycles. The highest BCUT2D eigenvalue weighted by Crippen LogP contribution is 2.25. The number of aromatic carboxylic acids is 1. The molecule has 2 rings (SSSR count). The number of ether oxygens (including phenoxy) is 1. The van der Waals surface area contributed by atoms with Crippen LogP contribution in [-0.4, -0.2) is 64.5 Å². The van der Waals surface area contributed by atoms with Crippen molar-refractivity contribution in [2.75, 3.05) is 32.5 Å². The molecule has 0 bridgehead atoms. The van der Waals surface area contributed by atoms with Crippen LogP contribution >= 0.6 is 11.8 Å². The van der Waals surface area contributed by atoms with Crippen molar-refractivity contribution in [3.63, 3.8) is 0 Å². The fourth-order valence-corrected chi connectivity index (χ4v) is 3.35. The van der Waals surface area contributed by atoms with Crippen molar-refractivity contribution >= 4 is 17.7 Å². The maximum absolute atomic E-state index is 11.4. The number of carboxylic acid groups (broad SMARTS) is 1. The van der Waals surface area contributed by atoms with E-state index in [4.69, 9.17) is 4.74 Å². The number of hydrogen-bond acceptors (Lipinski definition) is 6. The zero-order valence-corrected chi connectivity index (χ0v) is 13.4. The molecule has 1 aliphatic heterocycles. The molecule has 0 radical (unpaired) electrons. The molecule has 1 aromatic rings. The molecule has 0 aliphatic carbocycles. The van der Waals surface area contributed by atoms with E-state index >= 15 is 0 Å². The largest absolute Gasteiger partial charge is 0.478 e. The minimum atomic E-state index is -0.973. The van der Waals surface area contributed by atoms with E-state index in [9.17, 15) is 9.90 Å². The topological polar surface area (TPSA) is 75.5 Å². The molecule has 1 atom stereocenters. The lowest BCUT2D eigenvalue weighted by atomic mass is 10.2. The highest BCUT2D eigenvalue weighted by molar-refractivity contribution is 7.99. The van der Waals surface area contributed by atoms with Gasteiger partial charge in [0.25, 0.3) is 0 Å². The fraction of sp³-hybridized carbons (Fsp3) is 0.643. The molecule has 1 saturated heterocycles.